The minimum Gasteiger partial charge on any atom is -0.493 e. The Bertz CT molecular complexity index is 1360. The molecule has 1 aromatic heterocycles. The molecule has 0 bridgehead atoms. The molecule has 1 amide bonds. The van der Waals surface area contributed by atoms with Crippen molar-refractivity contribution < 1.29 is 18.7 Å². The fraction of sp³-hybridized carbons (Fsp3) is 0.407. The van der Waals surface area contributed by atoms with Gasteiger partial charge in [-0.1, -0.05) is 6.92 Å². The highest BCUT2D eigenvalue weighted by atomic mass is 19.1. The Morgan fingerprint density at radius 1 is 1.06 bits per heavy atom. The zero-order valence-corrected chi connectivity index (χ0v) is 20.8. The number of nitrogens with zero attached hydrogens (tertiary/aromatic N) is 3. The number of rotatable bonds is 7. The summed E-state index contributed by atoms with van der Waals surface area (Å²) in [7, 11) is 3.04. The lowest BCUT2D eigenvalue weighted by Crippen LogP contribution is -2.46. The highest BCUT2D eigenvalue weighted by Crippen LogP contribution is 2.38. The number of pyridine rings is 1. The van der Waals surface area contributed by atoms with Crippen molar-refractivity contribution in [3.8, 4) is 11.5 Å². The lowest BCUT2D eigenvalue weighted by atomic mass is 10.1. The predicted molar refractivity (Wildman–Crippen MR) is 138 cm³/mol. The molecule has 0 unspecified atom stereocenters. The summed E-state index contributed by atoms with van der Waals surface area (Å²) in [6, 6.07) is 8.24. The van der Waals surface area contributed by atoms with E-state index in [4.69, 9.17) is 9.47 Å². The summed E-state index contributed by atoms with van der Waals surface area (Å²) in [4.78, 5) is 31.0. The predicted octanol–water partition coefficient (Wildman–Crippen LogP) is 3.89. The van der Waals surface area contributed by atoms with Gasteiger partial charge in [0.1, 0.15) is 11.4 Å². The second-order valence-corrected chi connectivity index (χ2v) is 9.28. The summed E-state index contributed by atoms with van der Waals surface area (Å²) in [5, 5.41) is 2.99. The molecule has 1 saturated carbocycles. The van der Waals surface area contributed by atoms with Crippen LogP contribution in [0, 0.1) is 5.82 Å². The second kappa shape index (κ2) is 9.81. The van der Waals surface area contributed by atoms with Gasteiger partial charge in [-0.05, 0) is 43.7 Å². The van der Waals surface area contributed by atoms with E-state index < -0.39 is 17.2 Å². The molecular weight excluding hydrogens is 463 g/mol. The summed E-state index contributed by atoms with van der Waals surface area (Å²) in [5.74, 6) is -0.00806. The van der Waals surface area contributed by atoms with E-state index in [0.29, 0.717) is 28.4 Å². The summed E-state index contributed by atoms with van der Waals surface area (Å²) in [6.45, 7) is 6.31. The number of hydrogen-bond donors (Lipinski definition) is 1. The third kappa shape index (κ3) is 4.51. The number of amides is 1. The normalized spacial score (nSPS) is 16.3. The Balaban J connectivity index is 1.51. The summed E-state index contributed by atoms with van der Waals surface area (Å²) >= 11 is 0. The number of carbonyl (C=O) groups excluding carboxylic acids is 1. The smallest absolute Gasteiger partial charge is 0.261 e. The van der Waals surface area contributed by atoms with Crippen LogP contribution < -0.4 is 25.1 Å². The van der Waals surface area contributed by atoms with Crippen LogP contribution in [0.1, 0.15) is 36.2 Å². The molecule has 9 heteroatoms. The van der Waals surface area contributed by atoms with Crippen LogP contribution in [-0.2, 0) is 0 Å². The molecule has 3 aromatic rings. The molecule has 190 valence electrons. The highest BCUT2D eigenvalue weighted by molar-refractivity contribution is 6.06. The van der Waals surface area contributed by atoms with Gasteiger partial charge >= 0.3 is 0 Å². The molecule has 5 rings (SSSR count). The van der Waals surface area contributed by atoms with E-state index in [1.165, 1.54) is 20.3 Å². The molecule has 0 radical (unpaired) electrons. The van der Waals surface area contributed by atoms with E-state index in [-0.39, 0.29) is 17.0 Å². The van der Waals surface area contributed by atoms with Crippen molar-refractivity contribution in [2.24, 2.45) is 0 Å². The molecule has 1 aliphatic carbocycles. The van der Waals surface area contributed by atoms with Gasteiger partial charge in [-0.15, -0.1) is 0 Å². The number of piperazine rings is 1. The second-order valence-electron chi connectivity index (χ2n) is 9.28. The van der Waals surface area contributed by atoms with E-state index >= 15 is 4.39 Å². The first-order valence-corrected chi connectivity index (χ1v) is 12.3. The topological polar surface area (TPSA) is 76.0 Å². The van der Waals surface area contributed by atoms with Crippen LogP contribution in [-0.4, -0.2) is 62.3 Å². The van der Waals surface area contributed by atoms with Crippen molar-refractivity contribution in [3.05, 3.63) is 58.1 Å². The number of nitrogens with one attached hydrogen (secondary N) is 1. The fourth-order valence-electron chi connectivity index (χ4n) is 4.83. The Labute approximate surface area is 209 Å². The zero-order valence-electron chi connectivity index (χ0n) is 20.8. The van der Waals surface area contributed by atoms with Gasteiger partial charge in [0.15, 0.2) is 11.5 Å². The van der Waals surface area contributed by atoms with Crippen LogP contribution in [0.15, 0.2) is 41.3 Å². The van der Waals surface area contributed by atoms with Crippen molar-refractivity contribution in [2.45, 2.75) is 25.8 Å². The van der Waals surface area contributed by atoms with E-state index in [0.717, 1.165) is 45.6 Å². The molecule has 0 spiro atoms. The van der Waals surface area contributed by atoms with Crippen molar-refractivity contribution in [1.82, 2.24) is 9.47 Å². The minimum atomic E-state index is -0.552. The first-order valence-electron chi connectivity index (χ1n) is 12.3. The van der Waals surface area contributed by atoms with E-state index in [1.54, 1.807) is 30.5 Å². The molecule has 1 aliphatic heterocycles. The third-order valence-corrected chi connectivity index (χ3v) is 7.09. The van der Waals surface area contributed by atoms with Gasteiger partial charge < -0.3 is 29.2 Å². The van der Waals surface area contributed by atoms with Gasteiger partial charge in [0, 0.05) is 55.6 Å². The molecule has 1 saturated heterocycles. The maximum absolute atomic E-state index is 15.3. The first-order chi connectivity index (χ1) is 17.4. The number of anilines is 2. The number of fused-ring (bicyclic) bond motifs is 1. The third-order valence-electron chi connectivity index (χ3n) is 7.09. The van der Waals surface area contributed by atoms with Gasteiger partial charge in [-0.25, -0.2) is 4.39 Å². The van der Waals surface area contributed by atoms with Crippen molar-refractivity contribution in [1.29, 1.82) is 0 Å². The monoisotopic (exact) mass is 494 g/mol. The van der Waals surface area contributed by atoms with Crippen molar-refractivity contribution >= 4 is 28.2 Å². The molecule has 36 heavy (non-hydrogen) atoms. The molecular formula is C27H31FN4O4. The van der Waals surface area contributed by atoms with Crippen molar-refractivity contribution in [3.63, 3.8) is 0 Å². The Hall–Kier alpha value is -3.59. The zero-order chi connectivity index (χ0) is 25.4. The number of halogens is 1. The van der Waals surface area contributed by atoms with Crippen LogP contribution in [0.4, 0.5) is 15.8 Å². The van der Waals surface area contributed by atoms with Crippen LogP contribution in [0.5, 0.6) is 11.5 Å². The summed E-state index contributed by atoms with van der Waals surface area (Å²) in [6.07, 6.45) is 3.53. The molecule has 2 aliphatic rings. The summed E-state index contributed by atoms with van der Waals surface area (Å²) in [5.41, 5.74) is 1.13. The minimum absolute atomic E-state index is 0.0205. The SMILES string of the molecule is CCN1CCN(c2cc3c(cc2F)c(=O)c(C(=O)Nc2ccc(OC)c(OC)c2)cn3C2CC2)CC1. The highest BCUT2D eigenvalue weighted by Gasteiger charge is 2.28. The van der Waals surface area contributed by atoms with E-state index in [1.807, 2.05) is 9.47 Å². The maximum atomic E-state index is 15.3. The Morgan fingerprint density at radius 3 is 2.42 bits per heavy atom. The number of methoxy groups -OCH3 is 2. The largest absolute Gasteiger partial charge is 0.493 e. The number of aromatic nitrogens is 1. The average Bonchev–Trinajstić information content (AvgIpc) is 3.74. The van der Waals surface area contributed by atoms with Gasteiger partial charge in [-0.2, -0.15) is 0 Å². The first kappa shape index (κ1) is 24.1. The molecule has 2 fully saturated rings. The fourth-order valence-corrected chi connectivity index (χ4v) is 4.83. The summed E-state index contributed by atoms with van der Waals surface area (Å²) < 4.78 is 27.8. The number of carbonyl (C=O) groups is 1. The lowest BCUT2D eigenvalue weighted by Gasteiger charge is -2.35. The number of ether oxygens (including phenoxy) is 2. The van der Waals surface area contributed by atoms with Crippen LogP contribution in [0.3, 0.4) is 0 Å². The molecule has 2 heterocycles. The van der Waals surface area contributed by atoms with Gasteiger partial charge in [-0.3, -0.25) is 9.59 Å². The lowest BCUT2D eigenvalue weighted by molar-refractivity contribution is 0.102. The standard InChI is InChI=1S/C27H31FN4O4/c1-4-30-9-11-31(12-10-30)23-15-22-19(14-21(23)28)26(33)20(16-32(22)18-6-7-18)27(34)29-17-5-8-24(35-2)25(13-17)36-3/h5,8,13-16,18H,4,6-7,9-12H2,1-3H3,(H,29,34). The maximum Gasteiger partial charge on any atom is 0.261 e. The molecule has 0 atom stereocenters. The number of hydrogen-bond acceptors (Lipinski definition) is 6. The van der Waals surface area contributed by atoms with E-state index in [2.05, 4.69) is 17.1 Å². The van der Waals surface area contributed by atoms with Gasteiger partial charge in [0.05, 0.1) is 25.4 Å². The van der Waals surface area contributed by atoms with E-state index in [9.17, 15) is 9.59 Å². The molecule has 2 aromatic carbocycles. The van der Waals surface area contributed by atoms with Crippen molar-refractivity contribution in [2.75, 3.05) is 57.2 Å². The van der Waals surface area contributed by atoms with Crippen LogP contribution >= 0.6 is 0 Å². The number of likely N-dealkylation sites (N-methyl/N-ethyl adjacent to an activating group) is 1. The molecule has 8 nitrogen and oxygen atoms in total. The number of benzene rings is 2. The Morgan fingerprint density at radius 2 is 1.78 bits per heavy atom. The Kier molecular flexibility index (Phi) is 6.57. The van der Waals surface area contributed by atoms with Crippen LogP contribution in [0.25, 0.3) is 10.9 Å². The van der Waals surface area contributed by atoms with Gasteiger partial charge in [0.25, 0.3) is 5.91 Å². The average molecular weight is 495 g/mol. The quantitative estimate of drug-likeness (QED) is 0.537. The van der Waals surface area contributed by atoms with Gasteiger partial charge in [0.2, 0.25) is 5.43 Å². The van der Waals surface area contributed by atoms with Crippen LogP contribution in [0.2, 0.25) is 0 Å². The molecule has 1 N–H and O–H groups in total.